The van der Waals surface area contributed by atoms with Crippen molar-refractivity contribution >= 4 is 5.91 Å². The van der Waals surface area contributed by atoms with Crippen molar-refractivity contribution in [3.63, 3.8) is 0 Å². The average Bonchev–Trinajstić information content (AvgIpc) is 3.26. The molecule has 1 unspecified atom stereocenters. The molecular formula is C18H22N2O4. The summed E-state index contributed by atoms with van der Waals surface area (Å²) in [5, 5.41) is 6.85. The van der Waals surface area contributed by atoms with Crippen molar-refractivity contribution in [2.75, 3.05) is 19.8 Å². The summed E-state index contributed by atoms with van der Waals surface area (Å²) in [5.41, 5.74) is 1.80. The van der Waals surface area contributed by atoms with E-state index in [1.165, 1.54) is 0 Å². The highest BCUT2D eigenvalue weighted by atomic mass is 16.5. The van der Waals surface area contributed by atoms with Crippen LogP contribution in [0, 0.1) is 5.92 Å². The molecule has 1 fully saturated rings. The molecule has 0 bridgehead atoms. The average molecular weight is 330 g/mol. The van der Waals surface area contributed by atoms with Gasteiger partial charge in [0.05, 0.1) is 26.2 Å². The maximum Gasteiger partial charge on any atom is 0.227 e. The zero-order valence-corrected chi connectivity index (χ0v) is 13.6. The summed E-state index contributed by atoms with van der Waals surface area (Å²) in [6.07, 6.45) is 1.20. The van der Waals surface area contributed by atoms with Crippen LogP contribution in [-0.4, -0.2) is 30.8 Å². The molecule has 1 saturated heterocycles. The lowest BCUT2D eigenvalue weighted by atomic mass is 10.1. The largest absolute Gasteiger partial charge is 0.381 e. The van der Waals surface area contributed by atoms with E-state index in [1.54, 1.807) is 6.07 Å². The Kier molecular flexibility index (Phi) is 5.98. The molecule has 0 aliphatic carbocycles. The minimum absolute atomic E-state index is 0.0604. The van der Waals surface area contributed by atoms with Gasteiger partial charge in [-0.1, -0.05) is 35.5 Å². The first kappa shape index (κ1) is 16.7. The van der Waals surface area contributed by atoms with Gasteiger partial charge in [0.1, 0.15) is 11.5 Å². The van der Waals surface area contributed by atoms with Crippen LogP contribution in [0.2, 0.25) is 0 Å². The Morgan fingerprint density at radius 1 is 1.29 bits per heavy atom. The Bertz CT molecular complexity index is 635. The van der Waals surface area contributed by atoms with E-state index in [4.69, 9.17) is 14.0 Å². The first-order chi connectivity index (χ1) is 11.8. The first-order valence-corrected chi connectivity index (χ1v) is 8.20. The molecular weight excluding hydrogens is 308 g/mol. The lowest BCUT2D eigenvalue weighted by Gasteiger charge is -2.08. The van der Waals surface area contributed by atoms with Gasteiger partial charge < -0.3 is 19.3 Å². The number of rotatable bonds is 8. The van der Waals surface area contributed by atoms with E-state index in [0.717, 1.165) is 25.2 Å². The summed E-state index contributed by atoms with van der Waals surface area (Å²) in [6.45, 7) is 3.05. The molecule has 1 N–H and O–H groups in total. The van der Waals surface area contributed by atoms with Crippen molar-refractivity contribution in [3.05, 3.63) is 53.4 Å². The predicted octanol–water partition coefficient (Wildman–Crippen LogP) is 2.09. The van der Waals surface area contributed by atoms with Crippen LogP contribution in [0.25, 0.3) is 0 Å². The summed E-state index contributed by atoms with van der Waals surface area (Å²) >= 11 is 0. The van der Waals surface area contributed by atoms with Gasteiger partial charge in [0.25, 0.3) is 0 Å². The van der Waals surface area contributed by atoms with E-state index >= 15 is 0 Å². The van der Waals surface area contributed by atoms with Crippen LogP contribution in [0.1, 0.15) is 23.4 Å². The first-order valence-electron chi connectivity index (χ1n) is 8.20. The fourth-order valence-corrected chi connectivity index (χ4v) is 2.58. The number of carbonyl (C=O) groups excluding carboxylic acids is 1. The van der Waals surface area contributed by atoms with Gasteiger partial charge in [-0.05, 0) is 12.0 Å². The fraction of sp³-hybridized carbons (Fsp3) is 0.444. The molecule has 1 aromatic carbocycles. The quantitative estimate of drug-likeness (QED) is 0.802. The van der Waals surface area contributed by atoms with Gasteiger partial charge in [0.15, 0.2) is 0 Å². The third kappa shape index (κ3) is 5.18. The molecule has 1 aliphatic heterocycles. The standard InChI is InChI=1S/C18H22N2O4/c21-18(19-10-15-6-7-22-12-15)9-17-8-16(20-24-17)13-23-11-14-4-2-1-3-5-14/h1-5,8,15H,6-7,9-13H2,(H,19,21). The zero-order valence-electron chi connectivity index (χ0n) is 13.6. The Balaban J connectivity index is 1.37. The van der Waals surface area contributed by atoms with Crippen LogP contribution in [0.5, 0.6) is 0 Å². The van der Waals surface area contributed by atoms with E-state index in [1.807, 2.05) is 30.3 Å². The van der Waals surface area contributed by atoms with Crippen LogP contribution < -0.4 is 5.32 Å². The molecule has 1 amide bonds. The predicted molar refractivity (Wildman–Crippen MR) is 87.1 cm³/mol. The van der Waals surface area contributed by atoms with Crippen molar-refractivity contribution in [1.29, 1.82) is 0 Å². The number of aromatic nitrogens is 1. The molecule has 2 aromatic rings. The number of nitrogens with zero attached hydrogens (tertiary/aromatic N) is 1. The Hall–Kier alpha value is -2.18. The monoisotopic (exact) mass is 330 g/mol. The second-order valence-electron chi connectivity index (χ2n) is 5.97. The SMILES string of the molecule is O=C(Cc1cc(COCc2ccccc2)no1)NCC1CCOC1. The minimum Gasteiger partial charge on any atom is -0.381 e. The van der Waals surface area contributed by atoms with E-state index < -0.39 is 0 Å². The maximum atomic E-state index is 11.9. The molecule has 2 heterocycles. The van der Waals surface area contributed by atoms with Crippen molar-refractivity contribution in [1.82, 2.24) is 10.5 Å². The molecule has 0 radical (unpaired) electrons. The van der Waals surface area contributed by atoms with E-state index in [9.17, 15) is 4.79 Å². The van der Waals surface area contributed by atoms with Crippen molar-refractivity contribution in [3.8, 4) is 0 Å². The molecule has 6 heteroatoms. The number of ether oxygens (including phenoxy) is 2. The van der Waals surface area contributed by atoms with Crippen molar-refractivity contribution in [2.24, 2.45) is 5.92 Å². The van der Waals surface area contributed by atoms with Crippen LogP contribution in [0.4, 0.5) is 0 Å². The fourth-order valence-electron chi connectivity index (χ4n) is 2.58. The summed E-state index contributed by atoms with van der Waals surface area (Å²) in [4.78, 5) is 11.9. The lowest BCUT2D eigenvalue weighted by molar-refractivity contribution is -0.120. The van der Waals surface area contributed by atoms with Gasteiger partial charge in [0, 0.05) is 25.1 Å². The topological polar surface area (TPSA) is 73.6 Å². The van der Waals surface area contributed by atoms with E-state index in [2.05, 4.69) is 10.5 Å². The van der Waals surface area contributed by atoms with Gasteiger partial charge in [-0.15, -0.1) is 0 Å². The summed E-state index contributed by atoms with van der Waals surface area (Å²) in [5.74, 6) is 0.911. The van der Waals surface area contributed by atoms with Gasteiger partial charge in [0.2, 0.25) is 5.91 Å². The van der Waals surface area contributed by atoms with Gasteiger partial charge >= 0.3 is 0 Å². The maximum absolute atomic E-state index is 11.9. The molecule has 3 rings (SSSR count). The number of hydrogen-bond acceptors (Lipinski definition) is 5. The summed E-state index contributed by atoms with van der Waals surface area (Å²) in [6, 6.07) is 11.7. The molecule has 128 valence electrons. The highest BCUT2D eigenvalue weighted by Gasteiger charge is 2.17. The molecule has 24 heavy (non-hydrogen) atoms. The molecule has 1 aromatic heterocycles. The van der Waals surface area contributed by atoms with Crippen LogP contribution >= 0.6 is 0 Å². The Morgan fingerprint density at radius 2 is 2.17 bits per heavy atom. The molecule has 6 nitrogen and oxygen atoms in total. The summed E-state index contributed by atoms with van der Waals surface area (Å²) < 4.78 is 16.1. The van der Waals surface area contributed by atoms with Gasteiger partial charge in [-0.25, -0.2) is 0 Å². The highest BCUT2D eigenvalue weighted by Crippen LogP contribution is 2.11. The van der Waals surface area contributed by atoms with E-state index in [-0.39, 0.29) is 12.3 Å². The minimum atomic E-state index is -0.0604. The lowest BCUT2D eigenvalue weighted by Crippen LogP contribution is -2.30. The second-order valence-corrected chi connectivity index (χ2v) is 5.97. The van der Waals surface area contributed by atoms with Crippen molar-refractivity contribution in [2.45, 2.75) is 26.1 Å². The second kappa shape index (κ2) is 8.61. The van der Waals surface area contributed by atoms with Crippen molar-refractivity contribution < 1.29 is 18.8 Å². The van der Waals surface area contributed by atoms with Crippen LogP contribution in [0.3, 0.4) is 0 Å². The van der Waals surface area contributed by atoms with Gasteiger partial charge in [-0.2, -0.15) is 0 Å². The third-order valence-corrected chi connectivity index (χ3v) is 3.92. The number of carbonyl (C=O) groups is 1. The normalized spacial score (nSPS) is 17.1. The molecule has 0 spiro atoms. The number of nitrogens with one attached hydrogen (secondary N) is 1. The van der Waals surface area contributed by atoms with Gasteiger partial charge in [-0.3, -0.25) is 4.79 Å². The molecule has 1 aliphatic rings. The van der Waals surface area contributed by atoms with Crippen LogP contribution in [0.15, 0.2) is 40.9 Å². The number of amides is 1. The van der Waals surface area contributed by atoms with Crippen LogP contribution in [-0.2, 0) is 33.9 Å². The molecule has 1 atom stereocenters. The summed E-state index contributed by atoms with van der Waals surface area (Å²) in [7, 11) is 0. The number of benzene rings is 1. The zero-order chi connectivity index (χ0) is 16.6. The Labute approximate surface area is 141 Å². The Morgan fingerprint density at radius 3 is 2.96 bits per heavy atom. The van der Waals surface area contributed by atoms with E-state index in [0.29, 0.717) is 37.1 Å². The number of hydrogen-bond donors (Lipinski definition) is 1. The third-order valence-electron chi connectivity index (χ3n) is 3.92. The smallest absolute Gasteiger partial charge is 0.227 e. The molecule has 0 saturated carbocycles. The highest BCUT2D eigenvalue weighted by molar-refractivity contribution is 5.77.